The van der Waals surface area contributed by atoms with Gasteiger partial charge in [-0.2, -0.15) is 0 Å². The lowest BCUT2D eigenvalue weighted by atomic mass is 9.97. The number of esters is 1. The molecular weight excluding hydrogens is 396 g/mol. The van der Waals surface area contributed by atoms with Crippen molar-refractivity contribution in [2.45, 2.75) is 26.4 Å². The molecule has 0 radical (unpaired) electrons. The van der Waals surface area contributed by atoms with Crippen LogP contribution >= 0.6 is 12.2 Å². The number of carbonyl (C=O) groups is 1. The van der Waals surface area contributed by atoms with Crippen molar-refractivity contribution in [3.8, 4) is 17.1 Å². The lowest BCUT2D eigenvalue weighted by Crippen LogP contribution is -2.38. The maximum Gasteiger partial charge on any atom is 0.308 e. The third-order valence-corrected chi connectivity index (χ3v) is 6.01. The highest BCUT2D eigenvalue weighted by Crippen LogP contribution is 2.24. The maximum atomic E-state index is 11.8. The fraction of sp³-hybridized carbons (Fsp3) is 0.348. The van der Waals surface area contributed by atoms with Crippen LogP contribution in [0.1, 0.15) is 18.4 Å². The first-order valence-corrected chi connectivity index (χ1v) is 10.6. The molecule has 156 valence electrons. The van der Waals surface area contributed by atoms with E-state index < -0.39 is 0 Å². The molecule has 1 aliphatic heterocycles. The first-order chi connectivity index (χ1) is 14.6. The van der Waals surface area contributed by atoms with Crippen molar-refractivity contribution in [1.82, 2.24) is 19.2 Å². The van der Waals surface area contributed by atoms with Crippen LogP contribution < -0.4 is 0 Å². The number of aryl methyl sites for hydroxylation is 1. The summed E-state index contributed by atoms with van der Waals surface area (Å²) in [6.07, 6.45) is 1.59. The molecule has 0 unspecified atom stereocenters. The monoisotopic (exact) mass is 422 g/mol. The number of likely N-dealkylation sites (tertiary alicyclic amines) is 1. The molecule has 30 heavy (non-hydrogen) atoms. The number of nitrogens with zero attached hydrogens (tertiary/aromatic N) is 4. The zero-order valence-corrected chi connectivity index (χ0v) is 18.1. The Hall–Kier alpha value is -2.77. The molecular formula is C23H26N4O2S. The summed E-state index contributed by atoms with van der Waals surface area (Å²) < 4.78 is 9.47. The van der Waals surface area contributed by atoms with Crippen LogP contribution in [0.15, 0.2) is 54.6 Å². The van der Waals surface area contributed by atoms with Gasteiger partial charge in [0.2, 0.25) is 4.77 Å². The smallest absolute Gasteiger partial charge is 0.308 e. The Kier molecular flexibility index (Phi) is 6.11. The van der Waals surface area contributed by atoms with Crippen LogP contribution in [0, 0.1) is 17.6 Å². The molecule has 1 aromatic heterocycles. The Morgan fingerprint density at radius 3 is 2.40 bits per heavy atom. The SMILES string of the molecule is COC(=O)C1CCN(Cn2nc(-c3ccccc3)n(-c3ccc(C)cc3)c2=S)CC1. The van der Waals surface area contributed by atoms with Gasteiger partial charge < -0.3 is 4.74 Å². The number of aromatic nitrogens is 3. The molecule has 1 fully saturated rings. The second-order valence-electron chi connectivity index (χ2n) is 7.70. The number of methoxy groups -OCH3 is 1. The summed E-state index contributed by atoms with van der Waals surface area (Å²) in [5.74, 6) is 0.708. The second-order valence-corrected chi connectivity index (χ2v) is 8.06. The van der Waals surface area contributed by atoms with Crippen molar-refractivity contribution >= 4 is 18.2 Å². The standard InChI is InChI=1S/C23H26N4O2S/c1-17-8-10-20(11-9-17)27-21(18-6-4-3-5-7-18)24-26(23(27)30)16-25-14-12-19(13-15-25)22(28)29-2/h3-11,19H,12-16H2,1-2H3. The normalized spacial score (nSPS) is 15.3. The van der Waals surface area contributed by atoms with Gasteiger partial charge in [0, 0.05) is 24.3 Å². The minimum absolute atomic E-state index is 0.00998. The van der Waals surface area contributed by atoms with Crippen LogP contribution in [0.4, 0.5) is 0 Å². The van der Waals surface area contributed by atoms with Crippen LogP contribution in [0.25, 0.3) is 17.1 Å². The predicted octanol–water partition coefficient (Wildman–Crippen LogP) is 4.22. The first kappa shape index (κ1) is 20.5. The largest absolute Gasteiger partial charge is 0.469 e. The zero-order valence-electron chi connectivity index (χ0n) is 17.3. The van der Waals surface area contributed by atoms with Crippen LogP contribution in [0.2, 0.25) is 0 Å². The molecule has 7 heteroatoms. The summed E-state index contributed by atoms with van der Waals surface area (Å²) in [5, 5.41) is 4.89. The van der Waals surface area contributed by atoms with Gasteiger partial charge in [-0.05, 0) is 44.1 Å². The van der Waals surface area contributed by atoms with Crippen molar-refractivity contribution in [3.63, 3.8) is 0 Å². The highest BCUT2D eigenvalue weighted by molar-refractivity contribution is 7.71. The molecule has 0 bridgehead atoms. The molecule has 2 aromatic carbocycles. The Morgan fingerprint density at radius 1 is 1.10 bits per heavy atom. The summed E-state index contributed by atoms with van der Waals surface area (Å²) >= 11 is 5.84. The topological polar surface area (TPSA) is 52.3 Å². The molecule has 1 saturated heterocycles. The third kappa shape index (κ3) is 4.22. The number of carbonyl (C=O) groups excluding carboxylic acids is 1. The molecule has 0 saturated carbocycles. The van der Waals surface area contributed by atoms with Crippen LogP contribution in [0.3, 0.4) is 0 Å². The molecule has 6 nitrogen and oxygen atoms in total. The number of hydrogen-bond acceptors (Lipinski definition) is 5. The average molecular weight is 423 g/mol. The minimum atomic E-state index is -0.110. The van der Waals surface area contributed by atoms with Gasteiger partial charge in [0.15, 0.2) is 5.82 Å². The average Bonchev–Trinajstić information content (AvgIpc) is 3.11. The predicted molar refractivity (Wildman–Crippen MR) is 119 cm³/mol. The van der Waals surface area contributed by atoms with Crippen LogP contribution in [-0.4, -0.2) is 45.4 Å². The fourth-order valence-corrected chi connectivity index (χ4v) is 4.16. The number of rotatable bonds is 5. The van der Waals surface area contributed by atoms with Gasteiger partial charge in [-0.3, -0.25) is 14.3 Å². The number of ether oxygens (including phenoxy) is 1. The van der Waals surface area contributed by atoms with Crippen molar-refractivity contribution in [2.75, 3.05) is 20.2 Å². The summed E-state index contributed by atoms with van der Waals surface area (Å²) in [6.45, 7) is 4.31. The van der Waals surface area contributed by atoms with E-state index in [0.29, 0.717) is 11.4 Å². The van der Waals surface area contributed by atoms with E-state index in [9.17, 15) is 4.79 Å². The Bertz CT molecular complexity index is 1060. The molecule has 3 aromatic rings. The number of hydrogen-bond donors (Lipinski definition) is 0. The third-order valence-electron chi connectivity index (χ3n) is 5.62. The Balaban J connectivity index is 1.64. The highest BCUT2D eigenvalue weighted by atomic mass is 32.1. The molecule has 4 rings (SSSR count). The molecule has 0 spiro atoms. The van der Waals surface area contributed by atoms with Gasteiger partial charge in [-0.1, -0.05) is 48.0 Å². The van der Waals surface area contributed by atoms with E-state index in [1.807, 2.05) is 39.6 Å². The van der Waals surface area contributed by atoms with E-state index in [-0.39, 0.29) is 11.9 Å². The summed E-state index contributed by atoms with van der Waals surface area (Å²) in [7, 11) is 1.46. The molecule has 0 N–H and O–H groups in total. The quantitative estimate of drug-likeness (QED) is 0.455. The second kappa shape index (κ2) is 8.93. The summed E-state index contributed by atoms with van der Waals surface area (Å²) in [6, 6.07) is 18.4. The first-order valence-electron chi connectivity index (χ1n) is 10.2. The molecule has 0 aliphatic carbocycles. The number of benzene rings is 2. The highest BCUT2D eigenvalue weighted by Gasteiger charge is 2.26. The minimum Gasteiger partial charge on any atom is -0.469 e. The van der Waals surface area contributed by atoms with Gasteiger partial charge in [-0.15, -0.1) is 5.10 Å². The summed E-state index contributed by atoms with van der Waals surface area (Å²) in [4.78, 5) is 14.1. The van der Waals surface area contributed by atoms with E-state index in [1.54, 1.807) is 0 Å². The molecule has 0 atom stereocenters. The number of piperidine rings is 1. The fourth-order valence-electron chi connectivity index (χ4n) is 3.87. The van der Waals surface area contributed by atoms with Gasteiger partial charge in [0.25, 0.3) is 0 Å². The molecule has 2 heterocycles. The Morgan fingerprint density at radius 2 is 1.77 bits per heavy atom. The lowest BCUT2D eigenvalue weighted by Gasteiger charge is -2.30. The zero-order chi connectivity index (χ0) is 21.1. The van der Waals surface area contributed by atoms with Gasteiger partial charge >= 0.3 is 5.97 Å². The van der Waals surface area contributed by atoms with E-state index in [2.05, 4.69) is 36.1 Å². The van der Waals surface area contributed by atoms with E-state index in [0.717, 1.165) is 43.0 Å². The van der Waals surface area contributed by atoms with E-state index in [4.69, 9.17) is 22.1 Å². The van der Waals surface area contributed by atoms with Crippen molar-refractivity contribution in [2.24, 2.45) is 5.92 Å². The van der Waals surface area contributed by atoms with Gasteiger partial charge in [0.05, 0.1) is 19.7 Å². The van der Waals surface area contributed by atoms with Gasteiger partial charge in [0.1, 0.15) is 0 Å². The van der Waals surface area contributed by atoms with E-state index >= 15 is 0 Å². The van der Waals surface area contributed by atoms with Crippen LogP contribution in [-0.2, 0) is 16.2 Å². The Labute approximate surface area is 181 Å². The van der Waals surface area contributed by atoms with E-state index in [1.165, 1.54) is 12.7 Å². The van der Waals surface area contributed by atoms with Gasteiger partial charge in [-0.25, -0.2) is 4.68 Å². The molecule has 1 aliphatic rings. The maximum absolute atomic E-state index is 11.8. The lowest BCUT2D eigenvalue weighted by molar-refractivity contribution is -0.147. The van der Waals surface area contributed by atoms with Crippen molar-refractivity contribution < 1.29 is 9.53 Å². The summed E-state index contributed by atoms with van der Waals surface area (Å²) in [5.41, 5.74) is 3.22. The van der Waals surface area contributed by atoms with Crippen molar-refractivity contribution in [1.29, 1.82) is 0 Å². The van der Waals surface area contributed by atoms with Crippen molar-refractivity contribution in [3.05, 3.63) is 64.9 Å². The molecule has 0 amide bonds. The van der Waals surface area contributed by atoms with Crippen LogP contribution in [0.5, 0.6) is 0 Å².